The molecule has 2 spiro atoms. The van der Waals surface area contributed by atoms with Gasteiger partial charge in [0.1, 0.15) is 0 Å². The Bertz CT molecular complexity index is 827. The van der Waals surface area contributed by atoms with Crippen LogP contribution in [0.15, 0.2) is 36.5 Å². The molecule has 1 aliphatic carbocycles. The molecule has 0 saturated carbocycles. The largest absolute Gasteiger partial charge is 0.347 e. The van der Waals surface area contributed by atoms with Crippen LogP contribution in [-0.4, -0.2) is 42.4 Å². The van der Waals surface area contributed by atoms with Gasteiger partial charge in [-0.05, 0) is 83.5 Å². The van der Waals surface area contributed by atoms with Gasteiger partial charge >= 0.3 is 0 Å². The van der Waals surface area contributed by atoms with Crippen molar-refractivity contribution in [1.82, 2.24) is 4.90 Å². The average molecular weight is 640 g/mol. The minimum Gasteiger partial charge on any atom is -0.347 e. The molecule has 2 fully saturated rings. The number of ether oxygens (including phenoxy) is 2. The third-order valence-corrected chi connectivity index (χ3v) is 10.7. The third kappa shape index (κ3) is 17.7. The molecular formula is C42H73NO3. The standard InChI is InChI=1S/C42H73NO3/c44-40-43-37-35-41(36-38-43)39-45-42(46-41)33-31-29-27-25-23-21-19-17-15-13-11-9-7-5-3-1-2-4-6-8-10-12-14-16-18-20-22-24-26-28-30-32-34-42/h9,11,15-18,40H,1-8,10,12-14,19-39H2. The van der Waals surface area contributed by atoms with E-state index >= 15 is 0 Å². The maximum atomic E-state index is 11.3. The summed E-state index contributed by atoms with van der Waals surface area (Å²) >= 11 is 0. The summed E-state index contributed by atoms with van der Waals surface area (Å²) in [6.07, 6.45) is 53.6. The fourth-order valence-electron chi connectivity index (χ4n) is 7.60. The van der Waals surface area contributed by atoms with E-state index in [1.165, 1.54) is 161 Å². The lowest BCUT2D eigenvalue weighted by Gasteiger charge is -2.38. The van der Waals surface area contributed by atoms with E-state index in [2.05, 4.69) is 36.5 Å². The maximum absolute atomic E-state index is 11.3. The molecule has 0 N–H and O–H groups in total. The summed E-state index contributed by atoms with van der Waals surface area (Å²) in [6.45, 7) is 2.30. The van der Waals surface area contributed by atoms with E-state index in [-0.39, 0.29) is 5.60 Å². The Kier molecular flexibility index (Phi) is 21.7. The second-order valence-corrected chi connectivity index (χ2v) is 14.9. The van der Waals surface area contributed by atoms with Crippen LogP contribution in [0, 0.1) is 0 Å². The Labute approximate surface area is 285 Å². The predicted octanol–water partition coefficient (Wildman–Crippen LogP) is 12.3. The molecule has 0 aromatic rings. The first-order chi connectivity index (χ1) is 22.8. The van der Waals surface area contributed by atoms with Crippen molar-refractivity contribution in [3.8, 4) is 0 Å². The molecule has 1 amide bonds. The lowest BCUT2D eigenvalue weighted by atomic mass is 9.92. The van der Waals surface area contributed by atoms with E-state index in [4.69, 9.17) is 9.47 Å². The molecule has 264 valence electrons. The van der Waals surface area contributed by atoms with Crippen molar-refractivity contribution in [3.63, 3.8) is 0 Å². The molecule has 0 aromatic carbocycles. The number of hydrogen-bond acceptors (Lipinski definition) is 3. The number of piperidine rings is 1. The summed E-state index contributed by atoms with van der Waals surface area (Å²) in [5, 5.41) is 0. The van der Waals surface area contributed by atoms with E-state index in [9.17, 15) is 4.79 Å². The van der Waals surface area contributed by atoms with Gasteiger partial charge in [-0.3, -0.25) is 4.79 Å². The number of amides is 1. The second-order valence-electron chi connectivity index (χ2n) is 14.9. The predicted molar refractivity (Wildman–Crippen MR) is 196 cm³/mol. The summed E-state index contributed by atoms with van der Waals surface area (Å²) < 4.78 is 13.5. The average Bonchev–Trinajstić information content (AvgIpc) is 3.42. The van der Waals surface area contributed by atoms with Gasteiger partial charge in [-0.2, -0.15) is 0 Å². The van der Waals surface area contributed by atoms with Gasteiger partial charge in [-0.1, -0.05) is 133 Å². The van der Waals surface area contributed by atoms with Gasteiger partial charge in [-0.15, -0.1) is 0 Å². The Balaban J connectivity index is 1.38. The van der Waals surface area contributed by atoms with Crippen LogP contribution in [0.5, 0.6) is 0 Å². The first-order valence-electron chi connectivity index (χ1n) is 20.2. The van der Waals surface area contributed by atoms with E-state index in [1.54, 1.807) is 0 Å². The van der Waals surface area contributed by atoms with Crippen LogP contribution in [0.4, 0.5) is 0 Å². The molecule has 0 aromatic heterocycles. The SMILES string of the molecule is O=CN1CCC2(CC1)COC1(CCCCCCCCC=CCC=CCCCCCCCCCCCC=CCCCCCCCC1)O2. The van der Waals surface area contributed by atoms with Gasteiger partial charge < -0.3 is 14.4 Å². The van der Waals surface area contributed by atoms with Crippen LogP contribution in [0.3, 0.4) is 0 Å². The number of carbonyl (C=O) groups excluding carboxylic acids is 1. The molecule has 2 aliphatic heterocycles. The second kappa shape index (κ2) is 25.6. The Morgan fingerprint density at radius 2 is 0.826 bits per heavy atom. The highest BCUT2D eigenvalue weighted by atomic mass is 16.8. The zero-order chi connectivity index (χ0) is 32.3. The number of allylic oxidation sites excluding steroid dienone is 6. The van der Waals surface area contributed by atoms with Gasteiger partial charge in [0.2, 0.25) is 6.41 Å². The Hall–Kier alpha value is -1.39. The highest BCUT2D eigenvalue weighted by Crippen LogP contribution is 2.43. The summed E-state index contributed by atoms with van der Waals surface area (Å²) in [4.78, 5) is 13.2. The maximum Gasteiger partial charge on any atom is 0.209 e. The van der Waals surface area contributed by atoms with Crippen molar-refractivity contribution in [2.45, 2.75) is 204 Å². The molecule has 2 saturated heterocycles. The number of carbonyl (C=O) groups is 1. The van der Waals surface area contributed by atoms with Crippen LogP contribution in [0.2, 0.25) is 0 Å². The van der Waals surface area contributed by atoms with Gasteiger partial charge in [0.05, 0.1) is 12.2 Å². The molecule has 4 nitrogen and oxygen atoms in total. The third-order valence-electron chi connectivity index (χ3n) is 10.7. The summed E-state index contributed by atoms with van der Waals surface area (Å²) in [5.41, 5.74) is -0.177. The fourth-order valence-corrected chi connectivity index (χ4v) is 7.60. The van der Waals surface area contributed by atoms with Crippen molar-refractivity contribution in [3.05, 3.63) is 36.5 Å². The van der Waals surface area contributed by atoms with Crippen molar-refractivity contribution in [2.24, 2.45) is 0 Å². The minimum absolute atomic E-state index is 0.177. The molecule has 3 rings (SSSR count). The molecule has 1 unspecified atom stereocenters. The van der Waals surface area contributed by atoms with E-state index < -0.39 is 5.79 Å². The lowest BCUT2D eigenvalue weighted by Crippen LogP contribution is -2.46. The van der Waals surface area contributed by atoms with E-state index in [1.807, 2.05) is 4.90 Å². The Morgan fingerprint density at radius 1 is 0.457 bits per heavy atom. The van der Waals surface area contributed by atoms with Crippen LogP contribution >= 0.6 is 0 Å². The van der Waals surface area contributed by atoms with E-state index in [0.717, 1.165) is 51.6 Å². The van der Waals surface area contributed by atoms with Gasteiger partial charge in [0.25, 0.3) is 0 Å². The van der Waals surface area contributed by atoms with Gasteiger partial charge in [-0.25, -0.2) is 0 Å². The Morgan fingerprint density at radius 3 is 1.24 bits per heavy atom. The lowest BCUT2D eigenvalue weighted by molar-refractivity contribution is -0.204. The molecule has 46 heavy (non-hydrogen) atoms. The van der Waals surface area contributed by atoms with Crippen LogP contribution in [0.1, 0.15) is 193 Å². The highest BCUT2D eigenvalue weighted by molar-refractivity contribution is 5.47. The molecule has 2 heterocycles. The molecule has 1 atom stereocenters. The summed E-state index contributed by atoms with van der Waals surface area (Å²) in [6, 6.07) is 0. The molecule has 0 radical (unpaired) electrons. The van der Waals surface area contributed by atoms with Crippen LogP contribution in [-0.2, 0) is 14.3 Å². The quantitative estimate of drug-likeness (QED) is 0.212. The summed E-state index contributed by atoms with van der Waals surface area (Å²) in [5.74, 6) is -0.399. The number of hydrogen-bond donors (Lipinski definition) is 0. The zero-order valence-electron chi connectivity index (χ0n) is 30.0. The molecule has 3 aliphatic rings. The molecule has 4 heteroatoms. The topological polar surface area (TPSA) is 38.8 Å². The van der Waals surface area contributed by atoms with Crippen LogP contribution < -0.4 is 0 Å². The monoisotopic (exact) mass is 640 g/mol. The smallest absolute Gasteiger partial charge is 0.209 e. The van der Waals surface area contributed by atoms with Gasteiger partial charge in [0, 0.05) is 25.9 Å². The normalized spacial score (nSPS) is 27.6. The van der Waals surface area contributed by atoms with Gasteiger partial charge in [0.15, 0.2) is 5.79 Å². The van der Waals surface area contributed by atoms with E-state index in [0.29, 0.717) is 6.61 Å². The number of nitrogens with zero attached hydrogens (tertiary/aromatic N) is 1. The fraction of sp³-hybridized carbons (Fsp3) is 0.833. The first kappa shape index (κ1) is 39.1. The minimum atomic E-state index is -0.399. The number of likely N-dealkylation sites (tertiary alicyclic amines) is 1. The zero-order valence-corrected chi connectivity index (χ0v) is 30.0. The van der Waals surface area contributed by atoms with Crippen molar-refractivity contribution in [2.75, 3.05) is 19.7 Å². The summed E-state index contributed by atoms with van der Waals surface area (Å²) in [7, 11) is 0. The highest BCUT2D eigenvalue weighted by Gasteiger charge is 2.50. The van der Waals surface area contributed by atoms with Crippen molar-refractivity contribution < 1.29 is 14.3 Å². The van der Waals surface area contributed by atoms with Crippen LogP contribution in [0.25, 0.3) is 0 Å². The van der Waals surface area contributed by atoms with Crippen molar-refractivity contribution in [1.29, 1.82) is 0 Å². The number of rotatable bonds is 1. The van der Waals surface area contributed by atoms with Crippen molar-refractivity contribution >= 4 is 6.41 Å². The molecular weight excluding hydrogens is 566 g/mol. The molecule has 0 bridgehead atoms. The first-order valence-corrected chi connectivity index (χ1v) is 20.2.